The Morgan fingerprint density at radius 3 is 2.82 bits per heavy atom. The second-order valence-electron chi connectivity index (χ2n) is 7.00. The van der Waals surface area contributed by atoms with E-state index in [2.05, 4.69) is 25.2 Å². The van der Waals surface area contributed by atoms with Crippen LogP contribution < -0.4 is 14.8 Å². The molecule has 0 spiro atoms. The third-order valence-corrected chi connectivity index (χ3v) is 4.95. The number of anilines is 2. The van der Waals surface area contributed by atoms with Crippen molar-refractivity contribution in [3.05, 3.63) is 30.7 Å². The highest BCUT2D eigenvalue weighted by Crippen LogP contribution is 2.31. The van der Waals surface area contributed by atoms with Crippen LogP contribution in [0.15, 0.2) is 30.7 Å². The van der Waals surface area contributed by atoms with E-state index in [1.54, 1.807) is 19.6 Å². The molecule has 0 unspecified atom stereocenters. The van der Waals surface area contributed by atoms with Crippen LogP contribution >= 0.6 is 0 Å². The number of hydrogen-bond donors (Lipinski definition) is 1. The SMILES string of the molecule is COc1ccc(Nc2ncc3ncn(C)c3n2)cc1OCCCN1CCCC1. The molecule has 8 nitrogen and oxygen atoms in total. The molecule has 1 fully saturated rings. The Bertz CT molecular complexity index is 936. The fourth-order valence-electron chi connectivity index (χ4n) is 3.45. The van der Waals surface area contributed by atoms with Gasteiger partial charge in [-0.1, -0.05) is 0 Å². The lowest BCUT2D eigenvalue weighted by Crippen LogP contribution is -2.21. The molecule has 0 saturated carbocycles. The molecule has 3 aromatic rings. The standard InChI is InChI=1S/C20H26N6O2/c1-25-14-22-16-13-21-20(24-19(16)25)23-15-6-7-17(27-2)18(12-15)28-11-5-10-26-8-3-4-9-26/h6-7,12-14H,3-5,8-11H2,1-2H3,(H,21,23,24). The third-order valence-electron chi connectivity index (χ3n) is 4.95. The second kappa shape index (κ2) is 8.43. The zero-order chi connectivity index (χ0) is 19.3. The summed E-state index contributed by atoms with van der Waals surface area (Å²) in [5.41, 5.74) is 2.39. The van der Waals surface area contributed by atoms with Gasteiger partial charge in [0.2, 0.25) is 5.95 Å². The lowest BCUT2D eigenvalue weighted by Gasteiger charge is -2.16. The number of benzene rings is 1. The quantitative estimate of drug-likeness (QED) is 0.600. The zero-order valence-electron chi connectivity index (χ0n) is 16.4. The first-order valence-electron chi connectivity index (χ1n) is 9.67. The average molecular weight is 382 g/mol. The van der Waals surface area contributed by atoms with Crippen molar-refractivity contribution in [2.45, 2.75) is 19.3 Å². The van der Waals surface area contributed by atoms with Gasteiger partial charge in [-0.25, -0.2) is 9.97 Å². The molecule has 1 aromatic carbocycles. The Hall–Kier alpha value is -2.87. The first-order chi connectivity index (χ1) is 13.7. The third kappa shape index (κ3) is 4.17. The molecule has 1 aliphatic rings. The monoisotopic (exact) mass is 382 g/mol. The molecule has 8 heteroatoms. The van der Waals surface area contributed by atoms with Crippen molar-refractivity contribution in [1.29, 1.82) is 0 Å². The first-order valence-corrected chi connectivity index (χ1v) is 9.67. The minimum Gasteiger partial charge on any atom is -0.493 e. The van der Waals surface area contributed by atoms with E-state index in [-0.39, 0.29) is 0 Å². The van der Waals surface area contributed by atoms with Crippen LogP contribution in [0.2, 0.25) is 0 Å². The normalized spacial score (nSPS) is 14.5. The van der Waals surface area contributed by atoms with Crippen LogP contribution in [-0.2, 0) is 7.05 Å². The van der Waals surface area contributed by atoms with Gasteiger partial charge in [-0.3, -0.25) is 0 Å². The van der Waals surface area contributed by atoms with Crippen molar-refractivity contribution >= 4 is 22.8 Å². The Morgan fingerprint density at radius 1 is 1.14 bits per heavy atom. The average Bonchev–Trinajstić information content (AvgIpc) is 3.36. The predicted molar refractivity (Wildman–Crippen MR) is 108 cm³/mol. The number of aromatic nitrogens is 4. The molecule has 3 heterocycles. The van der Waals surface area contributed by atoms with Crippen LogP contribution in [-0.4, -0.2) is 57.8 Å². The van der Waals surface area contributed by atoms with Crippen molar-refractivity contribution < 1.29 is 9.47 Å². The number of methoxy groups -OCH3 is 1. The molecule has 1 N–H and O–H groups in total. The molecule has 148 valence electrons. The Morgan fingerprint density at radius 2 is 2.00 bits per heavy atom. The molecule has 0 bridgehead atoms. The van der Waals surface area contributed by atoms with Crippen molar-refractivity contribution in [3.8, 4) is 11.5 Å². The maximum Gasteiger partial charge on any atom is 0.229 e. The topological polar surface area (TPSA) is 77.3 Å². The van der Waals surface area contributed by atoms with Crippen LogP contribution in [0.4, 0.5) is 11.6 Å². The first kappa shape index (κ1) is 18.5. The summed E-state index contributed by atoms with van der Waals surface area (Å²) in [6.07, 6.45) is 7.07. The summed E-state index contributed by atoms with van der Waals surface area (Å²) in [7, 11) is 3.56. The van der Waals surface area contributed by atoms with Gasteiger partial charge in [-0.15, -0.1) is 0 Å². The molecule has 1 saturated heterocycles. The highest BCUT2D eigenvalue weighted by atomic mass is 16.5. The number of nitrogens with one attached hydrogen (secondary N) is 1. The predicted octanol–water partition coefficient (Wildman–Crippen LogP) is 2.98. The highest BCUT2D eigenvalue weighted by Gasteiger charge is 2.12. The number of likely N-dealkylation sites (tertiary alicyclic amines) is 1. The van der Waals surface area contributed by atoms with E-state index in [0.29, 0.717) is 12.6 Å². The van der Waals surface area contributed by atoms with Gasteiger partial charge in [0, 0.05) is 25.3 Å². The lowest BCUT2D eigenvalue weighted by molar-refractivity contribution is 0.254. The molecule has 0 atom stereocenters. The fourth-order valence-corrected chi connectivity index (χ4v) is 3.45. The minimum absolute atomic E-state index is 0.515. The maximum absolute atomic E-state index is 6.00. The van der Waals surface area contributed by atoms with Gasteiger partial charge < -0.3 is 24.3 Å². The van der Waals surface area contributed by atoms with Gasteiger partial charge in [-0.2, -0.15) is 4.98 Å². The Balaban J connectivity index is 1.42. The summed E-state index contributed by atoms with van der Waals surface area (Å²) in [6.45, 7) is 4.17. The molecule has 2 aromatic heterocycles. The summed E-state index contributed by atoms with van der Waals surface area (Å²) >= 11 is 0. The Labute approximate surface area is 164 Å². The van der Waals surface area contributed by atoms with Crippen LogP contribution in [0.3, 0.4) is 0 Å². The zero-order valence-corrected chi connectivity index (χ0v) is 16.4. The van der Waals surface area contributed by atoms with Gasteiger partial charge in [0.15, 0.2) is 17.1 Å². The summed E-state index contributed by atoms with van der Waals surface area (Å²) in [4.78, 5) is 15.6. The number of nitrogens with zero attached hydrogens (tertiary/aromatic N) is 5. The van der Waals surface area contributed by atoms with E-state index in [9.17, 15) is 0 Å². The van der Waals surface area contributed by atoms with E-state index in [4.69, 9.17) is 9.47 Å². The number of aryl methyl sites for hydroxylation is 1. The van der Waals surface area contributed by atoms with E-state index in [0.717, 1.165) is 41.3 Å². The van der Waals surface area contributed by atoms with Crippen molar-refractivity contribution in [2.24, 2.45) is 7.05 Å². The van der Waals surface area contributed by atoms with Crippen molar-refractivity contribution in [1.82, 2.24) is 24.4 Å². The number of fused-ring (bicyclic) bond motifs is 1. The minimum atomic E-state index is 0.515. The number of ether oxygens (including phenoxy) is 2. The molecular formula is C20H26N6O2. The van der Waals surface area contributed by atoms with E-state index in [1.807, 2.05) is 29.8 Å². The number of hydrogen-bond acceptors (Lipinski definition) is 7. The summed E-state index contributed by atoms with van der Waals surface area (Å²) < 4.78 is 13.3. The van der Waals surface area contributed by atoms with Gasteiger partial charge in [0.1, 0.15) is 5.52 Å². The van der Waals surface area contributed by atoms with Crippen LogP contribution in [0.5, 0.6) is 11.5 Å². The van der Waals surface area contributed by atoms with Crippen molar-refractivity contribution in [2.75, 3.05) is 38.7 Å². The van der Waals surface area contributed by atoms with E-state index in [1.165, 1.54) is 25.9 Å². The summed E-state index contributed by atoms with van der Waals surface area (Å²) in [5, 5.41) is 3.23. The Kier molecular flexibility index (Phi) is 5.57. The molecule has 0 aliphatic carbocycles. The van der Waals surface area contributed by atoms with Gasteiger partial charge >= 0.3 is 0 Å². The molecule has 4 rings (SSSR count). The van der Waals surface area contributed by atoms with Crippen LogP contribution in [0, 0.1) is 0 Å². The van der Waals surface area contributed by atoms with Crippen LogP contribution in [0.25, 0.3) is 11.2 Å². The molecule has 0 amide bonds. The fraction of sp³-hybridized carbons (Fsp3) is 0.450. The molecule has 1 aliphatic heterocycles. The number of rotatable bonds is 8. The van der Waals surface area contributed by atoms with E-state index < -0.39 is 0 Å². The van der Waals surface area contributed by atoms with Gasteiger partial charge in [0.25, 0.3) is 0 Å². The maximum atomic E-state index is 6.00. The smallest absolute Gasteiger partial charge is 0.229 e. The molecular weight excluding hydrogens is 356 g/mol. The summed E-state index contributed by atoms with van der Waals surface area (Å²) in [5.74, 6) is 1.95. The highest BCUT2D eigenvalue weighted by molar-refractivity contribution is 5.72. The molecule has 0 radical (unpaired) electrons. The van der Waals surface area contributed by atoms with Crippen LogP contribution in [0.1, 0.15) is 19.3 Å². The van der Waals surface area contributed by atoms with Gasteiger partial charge in [-0.05, 0) is 44.5 Å². The molecule has 28 heavy (non-hydrogen) atoms. The largest absolute Gasteiger partial charge is 0.493 e. The lowest BCUT2D eigenvalue weighted by atomic mass is 10.2. The summed E-state index contributed by atoms with van der Waals surface area (Å²) in [6, 6.07) is 5.74. The number of imidazole rings is 1. The van der Waals surface area contributed by atoms with Gasteiger partial charge in [0.05, 0.1) is 26.2 Å². The second-order valence-corrected chi connectivity index (χ2v) is 7.00. The van der Waals surface area contributed by atoms with E-state index >= 15 is 0 Å². The van der Waals surface area contributed by atoms with Crippen molar-refractivity contribution in [3.63, 3.8) is 0 Å².